The van der Waals surface area contributed by atoms with Crippen LogP contribution >= 0.6 is 0 Å². The van der Waals surface area contributed by atoms with E-state index < -0.39 is 17.7 Å². The fourth-order valence-electron chi connectivity index (χ4n) is 0.757. The Balaban J connectivity index is 4.19. The predicted molar refractivity (Wildman–Crippen MR) is 52.7 cm³/mol. The molecule has 15 heavy (non-hydrogen) atoms. The molecule has 0 aromatic heterocycles. The third-order valence-corrected chi connectivity index (χ3v) is 1.48. The fraction of sp³-hybridized carbons (Fsp3) is 0.800. The molecule has 0 bridgehead atoms. The van der Waals surface area contributed by atoms with Crippen molar-refractivity contribution in [2.24, 2.45) is 5.92 Å². The molecule has 0 aromatic rings. The highest BCUT2D eigenvalue weighted by molar-refractivity contribution is 5.72. The lowest BCUT2D eigenvalue weighted by molar-refractivity contribution is -0.369. The normalized spacial score (nSPS) is 15.4. The van der Waals surface area contributed by atoms with Crippen LogP contribution in [0, 0.1) is 17.2 Å². The van der Waals surface area contributed by atoms with Gasteiger partial charge in [-0.1, -0.05) is 0 Å². The van der Waals surface area contributed by atoms with Crippen LogP contribution in [0.4, 0.5) is 0 Å². The van der Waals surface area contributed by atoms with E-state index in [2.05, 4.69) is 0 Å². The van der Waals surface area contributed by atoms with Crippen LogP contribution in [0.3, 0.4) is 0 Å². The van der Waals surface area contributed by atoms with E-state index in [1.807, 2.05) is 6.07 Å². The van der Waals surface area contributed by atoms with Crippen molar-refractivity contribution in [2.75, 3.05) is 0 Å². The summed E-state index contributed by atoms with van der Waals surface area (Å²) in [6, 6.07) is 1.95. The van der Waals surface area contributed by atoms with Gasteiger partial charge in [0.25, 0.3) is 0 Å². The second-order valence-electron chi connectivity index (χ2n) is 4.38. The van der Waals surface area contributed by atoms with Crippen molar-refractivity contribution < 1.29 is 19.7 Å². The molecule has 5 nitrogen and oxygen atoms in total. The molecule has 0 aliphatic rings. The molecule has 0 heterocycles. The third-order valence-electron chi connectivity index (χ3n) is 1.48. The van der Waals surface area contributed by atoms with Gasteiger partial charge in [-0.2, -0.15) is 5.26 Å². The number of aliphatic carboxylic acids is 1. The number of nitriles is 1. The van der Waals surface area contributed by atoms with Crippen molar-refractivity contribution in [3.63, 3.8) is 0 Å². The Kier molecular flexibility index (Phi) is 5.26. The van der Waals surface area contributed by atoms with Gasteiger partial charge in [-0.15, -0.1) is 0 Å². The zero-order chi connectivity index (χ0) is 12.1. The summed E-state index contributed by atoms with van der Waals surface area (Å²) < 4.78 is 0. The Morgan fingerprint density at radius 2 is 2.07 bits per heavy atom. The van der Waals surface area contributed by atoms with Crippen LogP contribution in [-0.4, -0.2) is 22.8 Å². The summed E-state index contributed by atoms with van der Waals surface area (Å²) in [5.74, 6) is -1.50. The van der Waals surface area contributed by atoms with Crippen LogP contribution in [-0.2, 0) is 14.6 Å². The quantitative estimate of drug-likeness (QED) is 0.558. The summed E-state index contributed by atoms with van der Waals surface area (Å²) in [5, 5.41) is 17.4. The van der Waals surface area contributed by atoms with E-state index in [-0.39, 0.29) is 12.3 Å². The second kappa shape index (κ2) is 5.69. The maximum absolute atomic E-state index is 10.8. The molecule has 0 aliphatic heterocycles. The van der Waals surface area contributed by atoms with Gasteiger partial charge in [0.05, 0.1) is 11.7 Å². The van der Waals surface area contributed by atoms with Crippen LogP contribution in [0.15, 0.2) is 0 Å². The molecule has 86 valence electrons. The van der Waals surface area contributed by atoms with E-state index in [1.54, 1.807) is 27.7 Å². The van der Waals surface area contributed by atoms with Crippen LogP contribution < -0.4 is 0 Å². The molecule has 0 rings (SSSR count). The first-order valence-corrected chi connectivity index (χ1v) is 4.73. The molecule has 0 aromatic carbocycles. The number of carbonyl (C=O) groups is 1. The topological polar surface area (TPSA) is 79.5 Å². The minimum absolute atomic E-state index is 0.113. The molecule has 5 heteroatoms. The zero-order valence-corrected chi connectivity index (χ0v) is 9.48. The molecule has 1 N–H and O–H groups in total. The minimum atomic E-state index is -1.12. The summed E-state index contributed by atoms with van der Waals surface area (Å²) in [7, 11) is 0. The fourth-order valence-corrected chi connectivity index (χ4v) is 0.757. The Labute approximate surface area is 89.5 Å². The first kappa shape index (κ1) is 13.9. The molecule has 2 atom stereocenters. The highest BCUT2D eigenvalue weighted by Gasteiger charge is 2.25. The smallest absolute Gasteiger partial charge is 0.336 e. The molecular weight excluding hydrogens is 198 g/mol. The summed E-state index contributed by atoms with van der Waals surface area (Å²) in [4.78, 5) is 20.5. The number of hydrogen-bond acceptors (Lipinski definition) is 4. The predicted octanol–water partition coefficient (Wildman–Crippen LogP) is 1.74. The van der Waals surface area contributed by atoms with Gasteiger partial charge in [0, 0.05) is 12.3 Å². The minimum Gasteiger partial charge on any atom is -0.479 e. The molecule has 0 radical (unpaired) electrons. The van der Waals surface area contributed by atoms with Crippen LogP contribution in [0.5, 0.6) is 0 Å². The standard InChI is InChI=1S/C10H17NO4/c1-7(6-11)5-8(9(12)13)14-15-10(2,3)4/h7-8H,5H2,1-4H3,(H,12,13). The van der Waals surface area contributed by atoms with Crippen molar-refractivity contribution in [3.05, 3.63) is 0 Å². The summed E-state index contributed by atoms with van der Waals surface area (Å²) in [6.45, 7) is 6.88. The van der Waals surface area contributed by atoms with Gasteiger partial charge in [0.1, 0.15) is 0 Å². The second-order valence-corrected chi connectivity index (χ2v) is 4.38. The Morgan fingerprint density at radius 3 is 2.40 bits per heavy atom. The average molecular weight is 215 g/mol. The van der Waals surface area contributed by atoms with Crippen LogP contribution in [0.2, 0.25) is 0 Å². The SMILES string of the molecule is CC(C#N)CC(OOC(C)(C)C)C(=O)O. The van der Waals surface area contributed by atoms with E-state index in [1.165, 1.54) is 0 Å². The first-order valence-electron chi connectivity index (χ1n) is 4.73. The van der Waals surface area contributed by atoms with Gasteiger partial charge in [-0.3, -0.25) is 0 Å². The maximum Gasteiger partial charge on any atom is 0.336 e. The third kappa shape index (κ3) is 6.89. The lowest BCUT2D eigenvalue weighted by atomic mass is 10.1. The van der Waals surface area contributed by atoms with Crippen molar-refractivity contribution in [3.8, 4) is 6.07 Å². The van der Waals surface area contributed by atoms with Crippen LogP contribution in [0.25, 0.3) is 0 Å². The monoisotopic (exact) mass is 215 g/mol. The van der Waals surface area contributed by atoms with Gasteiger partial charge < -0.3 is 5.11 Å². The summed E-state index contributed by atoms with van der Waals surface area (Å²) >= 11 is 0. The van der Waals surface area contributed by atoms with Crippen molar-refractivity contribution >= 4 is 5.97 Å². The average Bonchev–Trinajstić information content (AvgIpc) is 2.09. The molecule has 0 fully saturated rings. The van der Waals surface area contributed by atoms with Gasteiger partial charge in [0.15, 0.2) is 6.10 Å². The number of rotatable bonds is 5. The summed E-state index contributed by atoms with van der Waals surface area (Å²) in [6.07, 6.45) is -0.985. The maximum atomic E-state index is 10.8. The molecule has 0 saturated carbocycles. The van der Waals surface area contributed by atoms with Gasteiger partial charge in [-0.05, 0) is 27.7 Å². The van der Waals surface area contributed by atoms with E-state index in [4.69, 9.17) is 20.1 Å². The molecule has 0 aliphatic carbocycles. The molecule has 0 amide bonds. The molecule has 2 unspecified atom stereocenters. The van der Waals surface area contributed by atoms with E-state index in [0.717, 1.165) is 0 Å². The molecular formula is C10H17NO4. The van der Waals surface area contributed by atoms with E-state index in [9.17, 15) is 4.79 Å². The van der Waals surface area contributed by atoms with Crippen molar-refractivity contribution in [1.82, 2.24) is 0 Å². The van der Waals surface area contributed by atoms with Crippen molar-refractivity contribution in [2.45, 2.75) is 45.8 Å². The van der Waals surface area contributed by atoms with Gasteiger partial charge in [0.2, 0.25) is 0 Å². The molecule has 0 saturated heterocycles. The lowest BCUT2D eigenvalue weighted by Crippen LogP contribution is -2.30. The Morgan fingerprint density at radius 1 is 1.53 bits per heavy atom. The lowest BCUT2D eigenvalue weighted by Gasteiger charge is -2.21. The van der Waals surface area contributed by atoms with Crippen molar-refractivity contribution in [1.29, 1.82) is 5.26 Å². The highest BCUT2D eigenvalue weighted by Crippen LogP contribution is 2.14. The highest BCUT2D eigenvalue weighted by atomic mass is 17.2. The molecule has 0 spiro atoms. The number of nitrogens with zero attached hydrogens (tertiary/aromatic N) is 1. The number of hydrogen-bond donors (Lipinski definition) is 1. The van der Waals surface area contributed by atoms with Gasteiger partial charge in [-0.25, -0.2) is 14.6 Å². The van der Waals surface area contributed by atoms with Gasteiger partial charge >= 0.3 is 5.97 Å². The Bertz CT molecular complexity index is 251. The Hall–Kier alpha value is -1.12. The largest absolute Gasteiger partial charge is 0.479 e. The number of carboxylic acid groups (broad SMARTS) is 1. The van der Waals surface area contributed by atoms with E-state index >= 15 is 0 Å². The van der Waals surface area contributed by atoms with Crippen LogP contribution in [0.1, 0.15) is 34.1 Å². The summed E-state index contributed by atoms with van der Waals surface area (Å²) in [5.41, 5.74) is -0.566. The van der Waals surface area contributed by atoms with E-state index in [0.29, 0.717) is 0 Å². The first-order chi connectivity index (χ1) is 6.76. The number of carboxylic acids is 1. The zero-order valence-electron chi connectivity index (χ0n) is 9.48.